The van der Waals surface area contributed by atoms with E-state index in [9.17, 15) is 4.79 Å². The van der Waals surface area contributed by atoms with Crippen molar-refractivity contribution in [2.45, 2.75) is 12.8 Å². The van der Waals surface area contributed by atoms with Gasteiger partial charge in [0.2, 0.25) is 0 Å². The SMILES string of the molecule is O=C1c2cccc(Cl)c2CC1Cc1ccccc1. The van der Waals surface area contributed by atoms with Crippen molar-refractivity contribution in [3.63, 3.8) is 0 Å². The van der Waals surface area contributed by atoms with Crippen LogP contribution in [0.1, 0.15) is 21.5 Å². The van der Waals surface area contributed by atoms with E-state index in [1.54, 1.807) is 0 Å². The lowest BCUT2D eigenvalue weighted by atomic mass is 9.96. The van der Waals surface area contributed by atoms with Crippen molar-refractivity contribution in [2.75, 3.05) is 0 Å². The molecule has 0 saturated heterocycles. The molecule has 1 nitrogen and oxygen atoms in total. The molecule has 0 fully saturated rings. The van der Waals surface area contributed by atoms with E-state index in [0.717, 1.165) is 29.0 Å². The number of hydrogen-bond acceptors (Lipinski definition) is 1. The van der Waals surface area contributed by atoms with Crippen LogP contribution >= 0.6 is 11.6 Å². The predicted molar refractivity (Wildman–Crippen MR) is 73.1 cm³/mol. The van der Waals surface area contributed by atoms with Crippen LogP contribution in [-0.4, -0.2) is 5.78 Å². The minimum Gasteiger partial charge on any atom is -0.294 e. The summed E-state index contributed by atoms with van der Waals surface area (Å²) in [4.78, 5) is 12.3. The summed E-state index contributed by atoms with van der Waals surface area (Å²) in [5.41, 5.74) is 3.04. The highest BCUT2D eigenvalue weighted by molar-refractivity contribution is 6.32. The highest BCUT2D eigenvalue weighted by Crippen LogP contribution is 2.33. The maximum atomic E-state index is 12.3. The molecule has 90 valence electrons. The van der Waals surface area contributed by atoms with Crippen molar-refractivity contribution < 1.29 is 4.79 Å². The summed E-state index contributed by atoms with van der Waals surface area (Å²) < 4.78 is 0. The van der Waals surface area contributed by atoms with Gasteiger partial charge in [-0.1, -0.05) is 54.1 Å². The summed E-state index contributed by atoms with van der Waals surface area (Å²) >= 11 is 6.15. The molecule has 1 aliphatic carbocycles. The smallest absolute Gasteiger partial charge is 0.166 e. The lowest BCUT2D eigenvalue weighted by Crippen LogP contribution is -2.12. The zero-order valence-corrected chi connectivity index (χ0v) is 10.7. The first-order valence-corrected chi connectivity index (χ1v) is 6.49. The lowest BCUT2D eigenvalue weighted by molar-refractivity contribution is 0.0936. The van der Waals surface area contributed by atoms with Crippen molar-refractivity contribution in [2.24, 2.45) is 5.92 Å². The van der Waals surface area contributed by atoms with E-state index >= 15 is 0 Å². The van der Waals surface area contributed by atoms with Crippen LogP contribution in [0.3, 0.4) is 0 Å². The minimum absolute atomic E-state index is 0.0438. The van der Waals surface area contributed by atoms with Crippen molar-refractivity contribution in [1.82, 2.24) is 0 Å². The van der Waals surface area contributed by atoms with E-state index in [1.165, 1.54) is 5.56 Å². The summed E-state index contributed by atoms with van der Waals surface area (Å²) in [6, 6.07) is 15.7. The van der Waals surface area contributed by atoms with Crippen LogP contribution in [0.2, 0.25) is 5.02 Å². The van der Waals surface area contributed by atoms with E-state index in [1.807, 2.05) is 36.4 Å². The molecule has 0 bridgehead atoms. The normalized spacial score (nSPS) is 17.8. The number of ketones is 1. The number of Topliss-reactive ketones (excluding diaryl/α,β-unsaturated/α-hetero) is 1. The van der Waals surface area contributed by atoms with E-state index in [0.29, 0.717) is 0 Å². The first-order valence-electron chi connectivity index (χ1n) is 6.11. The topological polar surface area (TPSA) is 17.1 Å². The van der Waals surface area contributed by atoms with Crippen LogP contribution in [0, 0.1) is 5.92 Å². The first-order chi connectivity index (χ1) is 8.75. The minimum atomic E-state index is 0.0438. The van der Waals surface area contributed by atoms with Gasteiger partial charge in [-0.15, -0.1) is 0 Å². The number of hydrogen-bond donors (Lipinski definition) is 0. The summed E-state index contributed by atoms with van der Waals surface area (Å²) in [5.74, 6) is 0.277. The van der Waals surface area contributed by atoms with Crippen molar-refractivity contribution >= 4 is 17.4 Å². The quantitative estimate of drug-likeness (QED) is 0.796. The van der Waals surface area contributed by atoms with Crippen LogP contribution in [0.5, 0.6) is 0 Å². The summed E-state index contributed by atoms with van der Waals surface area (Å²) in [7, 11) is 0. The second kappa shape index (κ2) is 4.58. The van der Waals surface area contributed by atoms with Crippen LogP contribution in [-0.2, 0) is 12.8 Å². The fourth-order valence-electron chi connectivity index (χ4n) is 2.62. The molecule has 3 rings (SSSR count). The molecular weight excluding hydrogens is 244 g/mol. The molecular formula is C16H13ClO. The molecule has 0 aromatic heterocycles. The Kier molecular flexibility index (Phi) is 2.92. The molecule has 18 heavy (non-hydrogen) atoms. The monoisotopic (exact) mass is 256 g/mol. The van der Waals surface area contributed by atoms with Gasteiger partial charge >= 0.3 is 0 Å². The zero-order valence-electron chi connectivity index (χ0n) is 9.90. The number of carbonyl (C=O) groups is 1. The highest BCUT2D eigenvalue weighted by atomic mass is 35.5. The maximum absolute atomic E-state index is 12.3. The molecule has 0 aliphatic heterocycles. The summed E-state index contributed by atoms with van der Waals surface area (Å²) in [5, 5.41) is 0.719. The van der Waals surface area contributed by atoms with Gasteiger partial charge in [0.1, 0.15) is 0 Å². The Morgan fingerprint density at radius 2 is 1.83 bits per heavy atom. The molecule has 0 radical (unpaired) electrons. The van der Waals surface area contributed by atoms with Crippen LogP contribution in [0.15, 0.2) is 48.5 Å². The third-order valence-electron chi connectivity index (χ3n) is 3.53. The molecule has 2 heteroatoms. The first kappa shape index (κ1) is 11.5. The number of fused-ring (bicyclic) bond motifs is 1. The van der Waals surface area contributed by atoms with Gasteiger partial charge in [-0.3, -0.25) is 4.79 Å². The van der Waals surface area contributed by atoms with Crippen molar-refractivity contribution in [3.8, 4) is 0 Å². The molecule has 0 amide bonds. The van der Waals surface area contributed by atoms with Crippen molar-refractivity contribution in [1.29, 1.82) is 0 Å². The van der Waals surface area contributed by atoms with E-state index in [2.05, 4.69) is 12.1 Å². The second-order valence-electron chi connectivity index (χ2n) is 4.72. The zero-order chi connectivity index (χ0) is 12.5. The van der Waals surface area contributed by atoms with E-state index in [-0.39, 0.29) is 11.7 Å². The largest absolute Gasteiger partial charge is 0.294 e. The Morgan fingerprint density at radius 3 is 2.56 bits per heavy atom. The number of carbonyl (C=O) groups excluding carboxylic acids is 1. The lowest BCUT2D eigenvalue weighted by Gasteiger charge is -2.07. The van der Waals surface area contributed by atoms with Gasteiger partial charge < -0.3 is 0 Å². The fraction of sp³-hybridized carbons (Fsp3) is 0.188. The molecule has 1 unspecified atom stereocenters. The summed E-state index contributed by atoms with van der Waals surface area (Å²) in [6.07, 6.45) is 1.56. The van der Waals surface area contributed by atoms with Gasteiger partial charge in [0, 0.05) is 16.5 Å². The molecule has 0 N–H and O–H groups in total. The average Bonchev–Trinajstić information content (AvgIpc) is 2.70. The molecule has 1 atom stereocenters. The Morgan fingerprint density at radius 1 is 1.06 bits per heavy atom. The van der Waals surface area contributed by atoms with Crippen LogP contribution in [0.4, 0.5) is 0 Å². The molecule has 0 heterocycles. The Labute approximate surface area is 111 Å². The van der Waals surface area contributed by atoms with Crippen LogP contribution in [0.25, 0.3) is 0 Å². The van der Waals surface area contributed by atoms with Gasteiger partial charge in [-0.05, 0) is 30.0 Å². The van der Waals surface area contributed by atoms with E-state index in [4.69, 9.17) is 11.6 Å². The molecule has 0 saturated carbocycles. The number of benzene rings is 2. The van der Waals surface area contributed by atoms with Gasteiger partial charge in [0.05, 0.1) is 0 Å². The highest BCUT2D eigenvalue weighted by Gasteiger charge is 2.31. The van der Waals surface area contributed by atoms with Crippen LogP contribution < -0.4 is 0 Å². The second-order valence-corrected chi connectivity index (χ2v) is 5.13. The average molecular weight is 257 g/mol. The van der Waals surface area contributed by atoms with Gasteiger partial charge in [-0.25, -0.2) is 0 Å². The van der Waals surface area contributed by atoms with Gasteiger partial charge in [0.15, 0.2) is 5.78 Å². The molecule has 2 aromatic rings. The van der Waals surface area contributed by atoms with Crippen molar-refractivity contribution in [3.05, 3.63) is 70.2 Å². The van der Waals surface area contributed by atoms with Gasteiger partial charge in [0.25, 0.3) is 0 Å². The Balaban J connectivity index is 1.87. The number of rotatable bonds is 2. The summed E-state index contributed by atoms with van der Waals surface area (Å²) in [6.45, 7) is 0. The third-order valence-corrected chi connectivity index (χ3v) is 3.88. The van der Waals surface area contributed by atoms with Gasteiger partial charge in [-0.2, -0.15) is 0 Å². The maximum Gasteiger partial charge on any atom is 0.166 e. The Hall–Kier alpha value is -1.60. The number of halogens is 1. The Bertz CT molecular complexity index is 589. The molecule has 0 spiro atoms. The van der Waals surface area contributed by atoms with E-state index < -0.39 is 0 Å². The molecule has 1 aliphatic rings. The third kappa shape index (κ3) is 1.95. The fourth-order valence-corrected chi connectivity index (χ4v) is 2.87. The standard InChI is InChI=1S/C16H13ClO/c17-15-8-4-7-13-14(15)10-12(16(13)18)9-11-5-2-1-3-6-11/h1-8,12H,9-10H2. The predicted octanol–water partition coefficient (Wildman–Crippen LogP) is 3.94. The molecule has 2 aromatic carbocycles.